The van der Waals surface area contributed by atoms with E-state index >= 15 is 0 Å². The van der Waals surface area contributed by atoms with Gasteiger partial charge in [0, 0.05) is 18.8 Å². The van der Waals surface area contributed by atoms with Crippen molar-refractivity contribution in [2.45, 2.75) is 90.8 Å². The van der Waals surface area contributed by atoms with Crippen LogP contribution in [0, 0.1) is 28.6 Å². The Morgan fingerprint density at radius 3 is 2.44 bits per heavy atom. The van der Waals surface area contributed by atoms with Crippen LogP contribution in [0.1, 0.15) is 79.1 Å². The summed E-state index contributed by atoms with van der Waals surface area (Å²) in [5.41, 5.74) is 0.235. The van der Waals surface area contributed by atoms with Gasteiger partial charge in [0.25, 0.3) is 0 Å². The van der Waals surface area contributed by atoms with Gasteiger partial charge >= 0.3 is 5.97 Å². The Morgan fingerprint density at radius 2 is 1.78 bits per heavy atom. The Balaban J connectivity index is 1.61. The monoisotopic (exact) mass is 374 g/mol. The van der Waals surface area contributed by atoms with E-state index in [0.29, 0.717) is 24.2 Å². The third kappa shape index (κ3) is 2.58. The number of hydrogen-bond donors (Lipinski definition) is 1. The quantitative estimate of drug-likeness (QED) is 0.581. The highest BCUT2D eigenvalue weighted by atomic mass is 16.5. The number of rotatable bonds is 2. The van der Waals surface area contributed by atoms with Gasteiger partial charge in [-0.3, -0.25) is 9.59 Å². The Kier molecular flexibility index (Phi) is 4.38. The van der Waals surface area contributed by atoms with Crippen molar-refractivity contribution >= 4 is 11.8 Å². The Labute approximate surface area is 162 Å². The number of allylic oxidation sites excluding steroid dienone is 1. The standard InChI is InChI=1S/C23H34O4/c1-14(24)23(26)12-9-20-18-6-5-16-13-17(27-15(2)25)7-10-21(16,3)19(18)8-11-22(20,23)4/h5,17-20,26H,6-13H2,1-4H3/t17?,18?,19?,20?,21?,22?,23-/m0/s1. The maximum Gasteiger partial charge on any atom is 0.302 e. The largest absolute Gasteiger partial charge is 0.462 e. The summed E-state index contributed by atoms with van der Waals surface area (Å²) in [5, 5.41) is 11.2. The van der Waals surface area contributed by atoms with Crippen LogP contribution in [0.15, 0.2) is 11.6 Å². The molecule has 3 saturated carbocycles. The zero-order chi connectivity index (χ0) is 19.6. The summed E-state index contributed by atoms with van der Waals surface area (Å²) < 4.78 is 5.51. The molecule has 4 nitrogen and oxygen atoms in total. The van der Waals surface area contributed by atoms with Crippen molar-refractivity contribution in [2.75, 3.05) is 0 Å². The predicted molar refractivity (Wildman–Crippen MR) is 103 cm³/mol. The number of fused-ring (bicyclic) bond motifs is 5. The van der Waals surface area contributed by atoms with Gasteiger partial charge in [-0.05, 0) is 75.0 Å². The van der Waals surface area contributed by atoms with Gasteiger partial charge < -0.3 is 9.84 Å². The van der Waals surface area contributed by atoms with E-state index in [0.717, 1.165) is 44.9 Å². The number of aliphatic hydroxyl groups is 1. The molecule has 4 aliphatic rings. The van der Waals surface area contributed by atoms with Gasteiger partial charge in [-0.2, -0.15) is 0 Å². The zero-order valence-corrected chi connectivity index (χ0v) is 17.2. The molecule has 0 saturated heterocycles. The van der Waals surface area contributed by atoms with E-state index in [9.17, 15) is 14.7 Å². The average molecular weight is 375 g/mol. The molecule has 150 valence electrons. The van der Waals surface area contributed by atoms with Crippen molar-refractivity contribution in [3.05, 3.63) is 11.6 Å². The fraction of sp³-hybridized carbons (Fsp3) is 0.826. The maximum absolute atomic E-state index is 12.3. The van der Waals surface area contributed by atoms with E-state index in [-0.39, 0.29) is 28.7 Å². The van der Waals surface area contributed by atoms with Crippen molar-refractivity contribution in [3.8, 4) is 0 Å². The summed E-state index contributed by atoms with van der Waals surface area (Å²) in [6.07, 6.45) is 9.96. The molecule has 0 spiro atoms. The third-order valence-electron chi connectivity index (χ3n) is 9.13. The smallest absolute Gasteiger partial charge is 0.302 e. The maximum atomic E-state index is 12.3. The van der Waals surface area contributed by atoms with E-state index in [1.54, 1.807) is 6.92 Å². The first-order valence-corrected chi connectivity index (χ1v) is 10.7. The van der Waals surface area contributed by atoms with Crippen molar-refractivity contribution in [1.29, 1.82) is 0 Å². The molecule has 1 N–H and O–H groups in total. The lowest BCUT2D eigenvalue weighted by molar-refractivity contribution is -0.160. The van der Waals surface area contributed by atoms with Gasteiger partial charge in [0.05, 0.1) is 0 Å². The van der Waals surface area contributed by atoms with Gasteiger partial charge in [-0.25, -0.2) is 0 Å². The van der Waals surface area contributed by atoms with Gasteiger partial charge in [0.1, 0.15) is 11.7 Å². The molecule has 4 aliphatic carbocycles. The highest BCUT2D eigenvalue weighted by Crippen LogP contribution is 2.67. The molecule has 0 aromatic carbocycles. The molecule has 6 unspecified atom stereocenters. The van der Waals surface area contributed by atoms with Crippen molar-refractivity contribution in [3.63, 3.8) is 0 Å². The lowest BCUT2D eigenvalue weighted by Gasteiger charge is -2.58. The summed E-state index contributed by atoms with van der Waals surface area (Å²) in [6, 6.07) is 0. The van der Waals surface area contributed by atoms with Gasteiger partial charge in [0.15, 0.2) is 5.78 Å². The molecule has 27 heavy (non-hydrogen) atoms. The van der Waals surface area contributed by atoms with E-state index in [1.807, 2.05) is 0 Å². The molecule has 0 bridgehead atoms. The summed E-state index contributed by atoms with van der Waals surface area (Å²) in [7, 11) is 0. The van der Waals surface area contributed by atoms with Crippen LogP contribution in [-0.4, -0.2) is 28.6 Å². The molecular weight excluding hydrogens is 340 g/mol. The molecule has 0 heterocycles. The molecular formula is C23H34O4. The third-order valence-corrected chi connectivity index (χ3v) is 9.13. The van der Waals surface area contributed by atoms with Crippen LogP contribution in [0.5, 0.6) is 0 Å². The molecule has 7 atom stereocenters. The van der Waals surface area contributed by atoms with Crippen LogP contribution in [0.25, 0.3) is 0 Å². The Hall–Kier alpha value is -1.16. The van der Waals surface area contributed by atoms with E-state index in [4.69, 9.17) is 4.74 Å². The average Bonchev–Trinajstić information content (AvgIpc) is 2.87. The highest BCUT2D eigenvalue weighted by molar-refractivity contribution is 5.86. The van der Waals surface area contributed by atoms with E-state index in [2.05, 4.69) is 19.9 Å². The minimum atomic E-state index is -1.14. The van der Waals surface area contributed by atoms with Crippen LogP contribution in [0.3, 0.4) is 0 Å². The Morgan fingerprint density at radius 1 is 1.07 bits per heavy atom. The summed E-state index contributed by atoms with van der Waals surface area (Å²) in [4.78, 5) is 23.7. The number of esters is 1. The van der Waals surface area contributed by atoms with Crippen molar-refractivity contribution in [2.24, 2.45) is 28.6 Å². The first-order chi connectivity index (χ1) is 12.6. The lowest BCUT2D eigenvalue weighted by atomic mass is 9.47. The van der Waals surface area contributed by atoms with Crippen LogP contribution < -0.4 is 0 Å². The minimum Gasteiger partial charge on any atom is -0.462 e. The second-order valence-electron chi connectivity index (χ2n) is 10.1. The fourth-order valence-corrected chi connectivity index (χ4v) is 7.56. The predicted octanol–water partition coefficient (Wildman–Crippen LogP) is 4.20. The molecule has 0 aromatic rings. The molecule has 0 radical (unpaired) electrons. The topological polar surface area (TPSA) is 63.6 Å². The summed E-state index contributed by atoms with van der Waals surface area (Å²) in [5.74, 6) is 1.36. The summed E-state index contributed by atoms with van der Waals surface area (Å²) in [6.45, 7) is 7.64. The van der Waals surface area contributed by atoms with Crippen LogP contribution in [0.4, 0.5) is 0 Å². The molecule has 4 heteroatoms. The number of ketones is 1. The van der Waals surface area contributed by atoms with Crippen LogP contribution >= 0.6 is 0 Å². The fourth-order valence-electron chi connectivity index (χ4n) is 7.56. The number of carbonyl (C=O) groups excluding carboxylic acids is 2. The normalized spacial score (nSPS) is 48.7. The van der Waals surface area contributed by atoms with Gasteiger partial charge in [-0.1, -0.05) is 25.5 Å². The molecule has 4 rings (SSSR count). The van der Waals surface area contributed by atoms with Gasteiger partial charge in [0.2, 0.25) is 0 Å². The van der Waals surface area contributed by atoms with Crippen molar-refractivity contribution < 1.29 is 19.4 Å². The number of carbonyl (C=O) groups is 2. The van der Waals surface area contributed by atoms with E-state index in [1.165, 1.54) is 12.5 Å². The minimum absolute atomic E-state index is 0.0292. The van der Waals surface area contributed by atoms with Crippen LogP contribution in [-0.2, 0) is 14.3 Å². The first-order valence-electron chi connectivity index (χ1n) is 10.7. The number of hydrogen-bond acceptors (Lipinski definition) is 4. The highest BCUT2D eigenvalue weighted by Gasteiger charge is 2.65. The molecule has 0 aliphatic heterocycles. The lowest BCUT2D eigenvalue weighted by Crippen LogP contribution is -2.57. The number of Topliss-reactive ketones (excluding diaryl/α,β-unsaturated/α-hetero) is 1. The second kappa shape index (κ2) is 6.17. The van der Waals surface area contributed by atoms with Crippen LogP contribution in [0.2, 0.25) is 0 Å². The Bertz CT molecular complexity index is 696. The summed E-state index contributed by atoms with van der Waals surface area (Å²) >= 11 is 0. The van der Waals surface area contributed by atoms with Gasteiger partial charge in [-0.15, -0.1) is 0 Å². The number of ether oxygens (including phenoxy) is 1. The zero-order valence-electron chi connectivity index (χ0n) is 17.2. The molecule has 0 aromatic heterocycles. The molecule has 0 amide bonds. The SMILES string of the molecule is CC(=O)OC1CCC2(C)C(=CCC3C2CCC2(C)C3CC[C@]2(O)C(C)=O)C1. The second-order valence-corrected chi connectivity index (χ2v) is 10.1. The molecule has 3 fully saturated rings. The van der Waals surface area contributed by atoms with Crippen molar-refractivity contribution in [1.82, 2.24) is 0 Å². The first kappa shape index (κ1) is 19.2. The van der Waals surface area contributed by atoms with E-state index < -0.39 is 5.60 Å².